The monoisotopic (exact) mass is 251 g/mol. The van der Waals surface area contributed by atoms with Crippen LogP contribution in [0.4, 0.5) is 0 Å². The molecule has 1 rings (SSSR count). The van der Waals surface area contributed by atoms with Gasteiger partial charge in [-0.2, -0.15) is 0 Å². The highest BCUT2D eigenvalue weighted by Crippen LogP contribution is 2.20. The second kappa shape index (κ2) is 5.92. The largest absolute Gasteiger partial charge is 0.478 e. The Morgan fingerprint density at radius 1 is 1.53 bits per heavy atom. The van der Waals surface area contributed by atoms with Crippen LogP contribution in [-0.2, 0) is 0 Å². The average Bonchev–Trinajstić information content (AvgIpc) is 2.17. The first-order chi connectivity index (χ1) is 6.56. The summed E-state index contributed by atoms with van der Waals surface area (Å²) in [6.07, 6.45) is 0. The summed E-state index contributed by atoms with van der Waals surface area (Å²) in [6, 6.07) is 3.84. The highest BCUT2D eigenvalue weighted by Gasteiger charge is 2.12. The Hall–Kier alpha value is -0.810. The lowest BCUT2D eigenvalue weighted by molar-refractivity contribution is 0.0697. The number of carbonyl (C=O) groups is 1. The van der Waals surface area contributed by atoms with Crippen molar-refractivity contribution in [1.82, 2.24) is 0 Å². The number of halogens is 2. The maximum Gasteiger partial charge on any atom is 0.337 e. The molecule has 4 nitrogen and oxygen atoms in total. The maximum absolute atomic E-state index is 10.7. The number of aliphatic hydroxyl groups is 1. The van der Waals surface area contributed by atoms with Crippen LogP contribution >= 0.6 is 24.0 Å². The first-order valence-corrected chi connectivity index (χ1v) is 4.33. The van der Waals surface area contributed by atoms with Crippen LogP contribution in [0.1, 0.15) is 22.0 Å². The Bertz CT molecular complexity index is 357. The van der Waals surface area contributed by atoms with Crippen molar-refractivity contribution in [1.29, 1.82) is 0 Å². The normalized spacial score (nSPS) is 11.7. The quantitative estimate of drug-likeness (QED) is 0.760. The lowest BCUT2D eigenvalue weighted by atomic mass is 10.1. The zero-order valence-corrected chi connectivity index (χ0v) is 9.26. The van der Waals surface area contributed by atoms with Gasteiger partial charge >= 0.3 is 5.97 Å². The van der Waals surface area contributed by atoms with Gasteiger partial charge in [-0.25, -0.2) is 4.79 Å². The summed E-state index contributed by atoms with van der Waals surface area (Å²) in [5, 5.41) is 17.7. The Labute approximate surface area is 98.1 Å². The summed E-state index contributed by atoms with van der Waals surface area (Å²) in [4.78, 5) is 10.7. The van der Waals surface area contributed by atoms with Crippen LogP contribution in [0.5, 0.6) is 0 Å². The molecule has 1 atom stereocenters. The Morgan fingerprint density at radius 2 is 2.13 bits per heavy atom. The molecule has 4 N–H and O–H groups in total. The average molecular weight is 252 g/mol. The topological polar surface area (TPSA) is 83.5 Å². The zero-order valence-electron chi connectivity index (χ0n) is 7.68. The number of aliphatic hydroxyl groups excluding tert-OH is 1. The van der Waals surface area contributed by atoms with Crippen molar-refractivity contribution in [2.24, 2.45) is 5.73 Å². The number of nitrogens with two attached hydrogens (primary N) is 1. The number of aromatic carboxylic acids is 1. The van der Waals surface area contributed by atoms with Crippen LogP contribution in [0.25, 0.3) is 0 Å². The molecule has 0 saturated heterocycles. The van der Waals surface area contributed by atoms with Gasteiger partial charge in [-0.1, -0.05) is 17.7 Å². The van der Waals surface area contributed by atoms with Crippen molar-refractivity contribution in [3.63, 3.8) is 0 Å². The number of carboxylic acids is 1. The van der Waals surface area contributed by atoms with Gasteiger partial charge in [0.15, 0.2) is 0 Å². The van der Waals surface area contributed by atoms with Crippen LogP contribution in [0.2, 0.25) is 5.02 Å². The van der Waals surface area contributed by atoms with Gasteiger partial charge in [0.25, 0.3) is 0 Å². The van der Waals surface area contributed by atoms with E-state index >= 15 is 0 Å². The molecule has 1 unspecified atom stereocenters. The van der Waals surface area contributed by atoms with E-state index in [0.717, 1.165) is 0 Å². The summed E-state index contributed by atoms with van der Waals surface area (Å²) >= 11 is 5.65. The molecule has 6 heteroatoms. The number of hydrogen-bond donors (Lipinski definition) is 3. The minimum absolute atomic E-state index is 0. The SMILES string of the molecule is Cl.NC(CO)c1ccc(Cl)c(C(=O)O)c1. The van der Waals surface area contributed by atoms with E-state index in [1.165, 1.54) is 12.1 Å². The molecule has 0 aliphatic carbocycles. The molecule has 0 spiro atoms. The predicted octanol–water partition coefficient (Wildman–Crippen LogP) is 1.45. The molecular formula is C9H11Cl2NO3. The van der Waals surface area contributed by atoms with Gasteiger partial charge in [-0.15, -0.1) is 12.4 Å². The molecule has 0 aliphatic heterocycles. The van der Waals surface area contributed by atoms with Crippen molar-refractivity contribution < 1.29 is 15.0 Å². The van der Waals surface area contributed by atoms with Gasteiger partial charge < -0.3 is 15.9 Å². The molecule has 0 fully saturated rings. The molecule has 0 amide bonds. The molecule has 0 aliphatic rings. The van der Waals surface area contributed by atoms with E-state index in [4.69, 9.17) is 27.5 Å². The molecule has 0 heterocycles. The van der Waals surface area contributed by atoms with Crippen molar-refractivity contribution in [2.75, 3.05) is 6.61 Å². The van der Waals surface area contributed by atoms with E-state index in [2.05, 4.69) is 0 Å². The maximum atomic E-state index is 10.7. The van der Waals surface area contributed by atoms with Crippen LogP contribution in [-0.4, -0.2) is 22.8 Å². The van der Waals surface area contributed by atoms with E-state index in [0.29, 0.717) is 5.56 Å². The lowest BCUT2D eigenvalue weighted by Crippen LogP contribution is -2.15. The van der Waals surface area contributed by atoms with Gasteiger partial charge in [0.1, 0.15) is 0 Å². The third-order valence-corrected chi connectivity index (χ3v) is 2.18. The molecule has 15 heavy (non-hydrogen) atoms. The van der Waals surface area contributed by atoms with Gasteiger partial charge in [-0.3, -0.25) is 0 Å². The summed E-state index contributed by atoms with van der Waals surface area (Å²) in [7, 11) is 0. The Morgan fingerprint density at radius 3 is 2.60 bits per heavy atom. The van der Waals surface area contributed by atoms with Gasteiger partial charge in [-0.05, 0) is 17.7 Å². The molecule has 0 radical (unpaired) electrons. The van der Waals surface area contributed by atoms with Gasteiger partial charge in [0.2, 0.25) is 0 Å². The summed E-state index contributed by atoms with van der Waals surface area (Å²) in [5.41, 5.74) is 6.07. The molecule has 0 aromatic heterocycles. The van der Waals surface area contributed by atoms with E-state index in [9.17, 15) is 4.79 Å². The first kappa shape index (κ1) is 14.2. The summed E-state index contributed by atoms with van der Waals surface area (Å²) < 4.78 is 0. The van der Waals surface area contributed by atoms with E-state index in [1.807, 2.05) is 0 Å². The number of hydrogen-bond acceptors (Lipinski definition) is 3. The van der Waals surface area contributed by atoms with Crippen molar-refractivity contribution in [2.45, 2.75) is 6.04 Å². The minimum atomic E-state index is -1.11. The second-order valence-corrected chi connectivity index (χ2v) is 3.24. The van der Waals surface area contributed by atoms with Crippen molar-refractivity contribution >= 4 is 30.0 Å². The molecule has 0 saturated carbocycles. The van der Waals surface area contributed by atoms with Crippen LogP contribution < -0.4 is 5.73 Å². The lowest BCUT2D eigenvalue weighted by Gasteiger charge is -2.09. The van der Waals surface area contributed by atoms with Crippen molar-refractivity contribution in [3.8, 4) is 0 Å². The van der Waals surface area contributed by atoms with Crippen LogP contribution in [0, 0.1) is 0 Å². The van der Waals surface area contributed by atoms with E-state index < -0.39 is 12.0 Å². The number of benzene rings is 1. The van der Waals surface area contributed by atoms with Crippen molar-refractivity contribution in [3.05, 3.63) is 34.3 Å². The molecule has 0 bridgehead atoms. The third-order valence-electron chi connectivity index (χ3n) is 1.85. The predicted molar refractivity (Wildman–Crippen MR) is 59.7 cm³/mol. The highest BCUT2D eigenvalue weighted by molar-refractivity contribution is 6.33. The number of rotatable bonds is 3. The van der Waals surface area contributed by atoms with E-state index in [-0.39, 0.29) is 29.6 Å². The fourth-order valence-electron chi connectivity index (χ4n) is 1.04. The molecular weight excluding hydrogens is 241 g/mol. The highest BCUT2D eigenvalue weighted by atomic mass is 35.5. The standard InChI is InChI=1S/C9H10ClNO3.ClH/c10-7-2-1-5(8(11)4-12)3-6(7)9(13)14;/h1-3,8,12H,4,11H2,(H,13,14);1H. The van der Waals surface area contributed by atoms with Gasteiger partial charge in [0, 0.05) is 0 Å². The zero-order chi connectivity index (χ0) is 10.7. The fourth-order valence-corrected chi connectivity index (χ4v) is 1.24. The molecule has 84 valence electrons. The van der Waals surface area contributed by atoms with Crippen LogP contribution in [0.3, 0.4) is 0 Å². The van der Waals surface area contributed by atoms with E-state index in [1.54, 1.807) is 6.07 Å². The minimum Gasteiger partial charge on any atom is -0.478 e. The Balaban J connectivity index is 0.00000196. The smallest absolute Gasteiger partial charge is 0.337 e. The van der Waals surface area contributed by atoms with Crippen LogP contribution in [0.15, 0.2) is 18.2 Å². The number of carboxylic acid groups (broad SMARTS) is 1. The molecule has 1 aromatic carbocycles. The third kappa shape index (κ3) is 3.35. The Kier molecular flexibility index (Phi) is 5.60. The second-order valence-electron chi connectivity index (χ2n) is 2.83. The first-order valence-electron chi connectivity index (χ1n) is 3.95. The molecule has 1 aromatic rings. The van der Waals surface area contributed by atoms with Gasteiger partial charge in [0.05, 0.1) is 23.2 Å². The summed E-state index contributed by atoms with van der Waals surface area (Å²) in [6.45, 7) is -0.235. The summed E-state index contributed by atoms with van der Waals surface area (Å²) in [5.74, 6) is -1.11. The fraction of sp³-hybridized carbons (Fsp3) is 0.222.